The third kappa shape index (κ3) is 2.22. The lowest BCUT2D eigenvalue weighted by Gasteiger charge is -2.06. The zero-order valence-corrected chi connectivity index (χ0v) is 8.24. The molecule has 0 amide bonds. The van der Waals surface area contributed by atoms with Crippen LogP contribution in [-0.2, 0) is 21.8 Å². The molecule has 5 nitrogen and oxygen atoms in total. The molecule has 0 aromatic heterocycles. The molecule has 0 bridgehead atoms. The molecule has 0 atom stereocenters. The molecule has 1 radical (unpaired) electrons. The van der Waals surface area contributed by atoms with Crippen molar-refractivity contribution < 1.29 is 22.8 Å². The van der Waals surface area contributed by atoms with Gasteiger partial charge in [0.15, 0.2) is 0 Å². The third-order valence-corrected chi connectivity index (χ3v) is 2.57. The van der Waals surface area contributed by atoms with E-state index in [1.165, 1.54) is 19.2 Å². The van der Waals surface area contributed by atoms with Crippen LogP contribution >= 0.6 is 0 Å². The lowest BCUT2D eigenvalue weighted by molar-refractivity contribution is 0.177. The van der Waals surface area contributed by atoms with E-state index < -0.39 is 16.7 Å². The summed E-state index contributed by atoms with van der Waals surface area (Å²) in [6.45, 7) is -0.470. The van der Waals surface area contributed by atoms with Crippen LogP contribution in [0.2, 0.25) is 0 Å². The van der Waals surface area contributed by atoms with Crippen LogP contribution in [0.15, 0.2) is 23.1 Å². The monoisotopic (exact) mass is 217 g/mol. The van der Waals surface area contributed by atoms with E-state index in [1.807, 2.05) is 0 Å². The molecule has 6 heteroatoms. The molecule has 0 heterocycles. The third-order valence-electron chi connectivity index (χ3n) is 1.67. The summed E-state index contributed by atoms with van der Waals surface area (Å²) in [5, 5.41) is 10.5. The molecule has 0 spiro atoms. The van der Waals surface area contributed by atoms with Crippen molar-refractivity contribution in [1.82, 2.24) is 0 Å². The van der Waals surface area contributed by atoms with Gasteiger partial charge >= 0.3 is 0 Å². The number of hydrogen-bond acceptors (Lipinski definition) is 3. The first-order chi connectivity index (χ1) is 6.49. The summed E-state index contributed by atoms with van der Waals surface area (Å²) in [5.41, 5.74) is 0.397. The maximum absolute atomic E-state index is 10.8. The minimum absolute atomic E-state index is 0.0270. The summed E-state index contributed by atoms with van der Waals surface area (Å²) in [6.07, 6.45) is 0. The Balaban J connectivity index is 3.33. The molecule has 1 aromatic carbocycles. The van der Waals surface area contributed by atoms with Crippen LogP contribution in [0, 0.1) is 0 Å². The standard InChI is InChI=1S/C8H9O5S/c1-13-7-4-6(5-9)2-3-8(7)14(10,11)12/h2-4H,5H2,1H3,(H,10,11,12). The first kappa shape index (κ1) is 11.0. The summed E-state index contributed by atoms with van der Waals surface area (Å²) in [6, 6.07) is 3.76. The van der Waals surface area contributed by atoms with Crippen molar-refractivity contribution in [2.75, 3.05) is 7.11 Å². The molecule has 0 aliphatic heterocycles. The second kappa shape index (κ2) is 3.95. The quantitative estimate of drug-likeness (QED) is 0.761. The van der Waals surface area contributed by atoms with Gasteiger partial charge in [-0.3, -0.25) is 4.55 Å². The molecule has 14 heavy (non-hydrogen) atoms. The SMILES string of the molecule is COc1cc(C[O])ccc1S(=O)(=O)O. The molecule has 77 valence electrons. The summed E-state index contributed by atoms with van der Waals surface area (Å²) < 4.78 is 35.1. The van der Waals surface area contributed by atoms with Gasteiger partial charge in [0.25, 0.3) is 10.1 Å². The van der Waals surface area contributed by atoms with Gasteiger partial charge < -0.3 is 4.74 Å². The maximum Gasteiger partial charge on any atom is 0.298 e. The highest BCUT2D eigenvalue weighted by Crippen LogP contribution is 2.24. The first-order valence-electron chi connectivity index (χ1n) is 3.71. The highest BCUT2D eigenvalue weighted by Gasteiger charge is 2.16. The van der Waals surface area contributed by atoms with E-state index in [-0.39, 0.29) is 10.6 Å². The van der Waals surface area contributed by atoms with E-state index in [1.54, 1.807) is 0 Å². The zero-order chi connectivity index (χ0) is 10.8. The van der Waals surface area contributed by atoms with Gasteiger partial charge in [0.1, 0.15) is 17.3 Å². The summed E-state index contributed by atoms with van der Waals surface area (Å²) in [5.74, 6) is -0.0270. The molecular formula is C8H9O5S. The van der Waals surface area contributed by atoms with Crippen molar-refractivity contribution in [3.8, 4) is 5.75 Å². The second-order valence-electron chi connectivity index (χ2n) is 2.60. The van der Waals surface area contributed by atoms with Crippen molar-refractivity contribution in [3.05, 3.63) is 23.8 Å². The van der Waals surface area contributed by atoms with Crippen LogP contribution in [0.5, 0.6) is 5.75 Å². The Morgan fingerprint density at radius 1 is 1.43 bits per heavy atom. The van der Waals surface area contributed by atoms with E-state index in [4.69, 9.17) is 9.29 Å². The summed E-state index contributed by atoms with van der Waals surface area (Å²) in [7, 11) is -3.04. The van der Waals surface area contributed by atoms with E-state index in [0.29, 0.717) is 5.56 Å². The van der Waals surface area contributed by atoms with Gasteiger partial charge in [0, 0.05) is 0 Å². The van der Waals surface area contributed by atoms with Gasteiger partial charge in [0.05, 0.1) is 7.11 Å². The van der Waals surface area contributed by atoms with Gasteiger partial charge in [-0.25, -0.2) is 5.11 Å². The molecule has 0 fully saturated rings. The number of rotatable bonds is 3. The Labute approximate surface area is 81.7 Å². The predicted molar refractivity (Wildman–Crippen MR) is 47.2 cm³/mol. The molecule has 0 aliphatic rings. The van der Waals surface area contributed by atoms with Crippen molar-refractivity contribution in [1.29, 1.82) is 0 Å². The molecule has 1 N–H and O–H groups in total. The van der Waals surface area contributed by atoms with Crippen LogP contribution in [0.25, 0.3) is 0 Å². The largest absolute Gasteiger partial charge is 0.495 e. The molecule has 0 saturated heterocycles. The fourth-order valence-corrected chi connectivity index (χ4v) is 1.65. The highest BCUT2D eigenvalue weighted by molar-refractivity contribution is 7.86. The molecule has 1 aromatic rings. The lowest BCUT2D eigenvalue weighted by Crippen LogP contribution is -2.02. The Kier molecular flexibility index (Phi) is 3.10. The Morgan fingerprint density at radius 2 is 2.07 bits per heavy atom. The average molecular weight is 217 g/mol. The average Bonchev–Trinajstić information content (AvgIpc) is 2.15. The van der Waals surface area contributed by atoms with Crippen molar-refractivity contribution in [2.45, 2.75) is 11.5 Å². The second-order valence-corrected chi connectivity index (χ2v) is 3.99. The Bertz CT molecular complexity index is 423. The molecular weight excluding hydrogens is 208 g/mol. The van der Waals surface area contributed by atoms with Crippen molar-refractivity contribution in [2.24, 2.45) is 0 Å². The topological polar surface area (TPSA) is 83.5 Å². The lowest BCUT2D eigenvalue weighted by atomic mass is 10.2. The van der Waals surface area contributed by atoms with Gasteiger partial charge in [-0.2, -0.15) is 8.42 Å². The smallest absolute Gasteiger partial charge is 0.298 e. The maximum atomic E-state index is 10.8. The molecule has 0 aliphatic carbocycles. The van der Waals surface area contributed by atoms with Gasteiger partial charge in [-0.15, -0.1) is 0 Å². The number of benzene rings is 1. The van der Waals surface area contributed by atoms with Crippen LogP contribution in [0.4, 0.5) is 0 Å². The number of hydrogen-bond donors (Lipinski definition) is 1. The predicted octanol–water partition coefficient (Wildman–Crippen LogP) is 0.872. The van der Waals surface area contributed by atoms with Crippen LogP contribution in [-0.4, -0.2) is 20.1 Å². The first-order valence-corrected chi connectivity index (χ1v) is 5.15. The number of methoxy groups -OCH3 is 1. The minimum atomic E-state index is -4.30. The number of ether oxygens (including phenoxy) is 1. The van der Waals surface area contributed by atoms with E-state index in [0.717, 1.165) is 6.07 Å². The Hall–Kier alpha value is -1.11. The highest BCUT2D eigenvalue weighted by atomic mass is 32.2. The van der Waals surface area contributed by atoms with Crippen LogP contribution in [0.3, 0.4) is 0 Å². The summed E-state index contributed by atoms with van der Waals surface area (Å²) in [4.78, 5) is -0.336. The van der Waals surface area contributed by atoms with Crippen molar-refractivity contribution in [3.63, 3.8) is 0 Å². The zero-order valence-electron chi connectivity index (χ0n) is 7.43. The van der Waals surface area contributed by atoms with Crippen LogP contribution < -0.4 is 4.74 Å². The normalized spacial score (nSPS) is 11.4. The minimum Gasteiger partial charge on any atom is -0.495 e. The van der Waals surface area contributed by atoms with Gasteiger partial charge in [-0.05, 0) is 17.7 Å². The van der Waals surface area contributed by atoms with E-state index in [9.17, 15) is 13.5 Å². The van der Waals surface area contributed by atoms with Gasteiger partial charge in [-0.1, -0.05) is 6.07 Å². The van der Waals surface area contributed by atoms with Gasteiger partial charge in [0.2, 0.25) is 0 Å². The molecule has 0 saturated carbocycles. The molecule has 0 unspecified atom stereocenters. The molecule has 1 rings (SSSR count). The fourth-order valence-electron chi connectivity index (χ4n) is 1.01. The summed E-state index contributed by atoms with van der Waals surface area (Å²) >= 11 is 0. The fraction of sp³-hybridized carbons (Fsp3) is 0.250. The van der Waals surface area contributed by atoms with Crippen molar-refractivity contribution >= 4 is 10.1 Å². The Morgan fingerprint density at radius 3 is 2.50 bits per heavy atom. The van der Waals surface area contributed by atoms with E-state index >= 15 is 0 Å². The van der Waals surface area contributed by atoms with E-state index in [2.05, 4.69) is 0 Å². The van der Waals surface area contributed by atoms with Crippen LogP contribution in [0.1, 0.15) is 5.56 Å².